The van der Waals surface area contributed by atoms with E-state index in [4.69, 9.17) is 23.2 Å². The Morgan fingerprint density at radius 3 is 2.55 bits per heavy atom. The predicted octanol–water partition coefficient (Wildman–Crippen LogP) is 5.40. The van der Waals surface area contributed by atoms with E-state index in [0.717, 1.165) is 31.5 Å². The van der Waals surface area contributed by atoms with Crippen LogP contribution in [-0.4, -0.2) is 40.7 Å². The number of amidine groups is 1. The topological polar surface area (TPSA) is 53.0 Å². The number of thioether (sulfide) groups is 1. The number of rotatable bonds is 4. The molecule has 2 aliphatic rings. The van der Waals surface area contributed by atoms with Gasteiger partial charge in [0.25, 0.3) is 5.91 Å². The van der Waals surface area contributed by atoms with Crippen LogP contribution < -0.4 is 4.90 Å². The van der Waals surface area contributed by atoms with Crippen molar-refractivity contribution in [3.05, 3.63) is 69.3 Å². The number of aliphatic imine (C=N–C) groups is 1. The summed E-state index contributed by atoms with van der Waals surface area (Å²) in [5, 5.41) is 1.25. The highest BCUT2D eigenvalue weighted by molar-refractivity contribution is 8.14. The standard InChI is InChI=1S/C23H21Cl2N3O2S/c1-15-7-9-17(10-8-15)28-22(30)19(13-16-5-4-6-18(24)21(16)25)26-23(28)31-14-20(29)27-11-2-3-12-27/h4-10,13H,2-3,11-12,14H2,1H3/b19-13+. The number of nitrogens with zero attached hydrogens (tertiary/aromatic N) is 3. The van der Waals surface area contributed by atoms with Gasteiger partial charge >= 0.3 is 0 Å². The van der Waals surface area contributed by atoms with E-state index in [1.165, 1.54) is 11.8 Å². The zero-order valence-corrected chi connectivity index (χ0v) is 19.3. The van der Waals surface area contributed by atoms with Gasteiger partial charge in [-0.15, -0.1) is 0 Å². The number of likely N-dealkylation sites (tertiary alicyclic amines) is 1. The van der Waals surface area contributed by atoms with E-state index in [-0.39, 0.29) is 23.3 Å². The van der Waals surface area contributed by atoms with Gasteiger partial charge in [-0.05, 0) is 49.6 Å². The monoisotopic (exact) mass is 473 g/mol. The molecule has 4 rings (SSSR count). The molecule has 1 saturated heterocycles. The SMILES string of the molecule is Cc1ccc(N2C(=O)/C(=C\c3cccc(Cl)c3Cl)N=C2SCC(=O)N2CCCC2)cc1. The molecule has 0 N–H and O–H groups in total. The van der Waals surface area contributed by atoms with E-state index in [1.54, 1.807) is 29.2 Å². The van der Waals surface area contributed by atoms with Crippen molar-refractivity contribution in [3.8, 4) is 0 Å². The molecular weight excluding hydrogens is 453 g/mol. The molecule has 0 bridgehead atoms. The molecule has 2 aromatic carbocycles. The molecule has 8 heteroatoms. The molecule has 2 amide bonds. The van der Waals surface area contributed by atoms with Crippen LogP contribution in [0.1, 0.15) is 24.0 Å². The lowest BCUT2D eigenvalue weighted by Gasteiger charge is -2.19. The first kappa shape index (κ1) is 21.9. The highest BCUT2D eigenvalue weighted by Crippen LogP contribution is 2.32. The fourth-order valence-electron chi connectivity index (χ4n) is 3.48. The maximum atomic E-state index is 13.3. The van der Waals surface area contributed by atoms with E-state index < -0.39 is 0 Å². The van der Waals surface area contributed by atoms with Crippen molar-refractivity contribution in [2.75, 3.05) is 23.7 Å². The van der Waals surface area contributed by atoms with Crippen LogP contribution in [0.5, 0.6) is 0 Å². The Balaban J connectivity index is 1.64. The lowest BCUT2D eigenvalue weighted by molar-refractivity contribution is -0.127. The van der Waals surface area contributed by atoms with Gasteiger partial charge in [0.15, 0.2) is 5.17 Å². The van der Waals surface area contributed by atoms with Gasteiger partial charge < -0.3 is 4.90 Å². The Morgan fingerprint density at radius 1 is 1.13 bits per heavy atom. The molecule has 0 atom stereocenters. The van der Waals surface area contributed by atoms with E-state index in [1.807, 2.05) is 36.1 Å². The van der Waals surface area contributed by atoms with Crippen LogP contribution in [0.2, 0.25) is 10.0 Å². The Kier molecular flexibility index (Phi) is 6.70. The highest BCUT2D eigenvalue weighted by atomic mass is 35.5. The molecule has 2 heterocycles. The van der Waals surface area contributed by atoms with E-state index in [2.05, 4.69) is 4.99 Å². The van der Waals surface area contributed by atoms with Gasteiger partial charge in [0.1, 0.15) is 5.70 Å². The van der Waals surface area contributed by atoms with Crippen molar-refractivity contribution in [3.63, 3.8) is 0 Å². The number of hydrogen-bond acceptors (Lipinski definition) is 4. The molecule has 31 heavy (non-hydrogen) atoms. The van der Waals surface area contributed by atoms with Crippen molar-refractivity contribution in [1.29, 1.82) is 0 Å². The minimum absolute atomic E-state index is 0.0665. The Labute approximate surface area is 195 Å². The van der Waals surface area contributed by atoms with Gasteiger partial charge in [-0.2, -0.15) is 0 Å². The van der Waals surface area contributed by atoms with Crippen LogP contribution in [0.25, 0.3) is 6.08 Å². The van der Waals surface area contributed by atoms with Crippen molar-refractivity contribution >= 4 is 63.7 Å². The summed E-state index contributed by atoms with van der Waals surface area (Å²) in [6.07, 6.45) is 3.71. The third kappa shape index (κ3) is 4.81. The van der Waals surface area contributed by atoms with Gasteiger partial charge in [0.05, 0.1) is 21.5 Å². The molecule has 0 saturated carbocycles. The molecule has 0 unspecified atom stereocenters. The minimum Gasteiger partial charge on any atom is -0.342 e. The largest absolute Gasteiger partial charge is 0.342 e. The van der Waals surface area contributed by atoms with Gasteiger partial charge in [-0.25, -0.2) is 4.99 Å². The third-order valence-corrected chi connectivity index (χ3v) is 6.94. The lowest BCUT2D eigenvalue weighted by Crippen LogP contribution is -2.33. The lowest BCUT2D eigenvalue weighted by atomic mass is 10.2. The Bertz CT molecular complexity index is 1080. The number of carbonyl (C=O) groups excluding carboxylic acids is 2. The maximum absolute atomic E-state index is 13.3. The van der Waals surface area contributed by atoms with Crippen molar-refractivity contribution in [2.45, 2.75) is 19.8 Å². The fraction of sp³-hybridized carbons (Fsp3) is 0.261. The molecular formula is C23H21Cl2N3O2S. The second-order valence-corrected chi connectivity index (χ2v) is 9.15. The number of halogens is 2. The summed E-state index contributed by atoms with van der Waals surface area (Å²) in [6, 6.07) is 12.9. The fourth-order valence-corrected chi connectivity index (χ4v) is 4.76. The highest BCUT2D eigenvalue weighted by Gasteiger charge is 2.33. The number of carbonyl (C=O) groups is 2. The van der Waals surface area contributed by atoms with Gasteiger partial charge in [0, 0.05) is 13.1 Å². The van der Waals surface area contributed by atoms with Crippen LogP contribution >= 0.6 is 35.0 Å². The van der Waals surface area contributed by atoms with Crippen LogP contribution in [0.3, 0.4) is 0 Å². The van der Waals surface area contributed by atoms with E-state index in [9.17, 15) is 9.59 Å². The third-order valence-electron chi connectivity index (χ3n) is 5.18. The second-order valence-electron chi connectivity index (χ2n) is 7.42. The summed E-state index contributed by atoms with van der Waals surface area (Å²) in [7, 11) is 0. The summed E-state index contributed by atoms with van der Waals surface area (Å²) in [6.45, 7) is 3.58. The molecule has 5 nitrogen and oxygen atoms in total. The zero-order chi connectivity index (χ0) is 22.0. The van der Waals surface area contributed by atoms with Crippen molar-refractivity contribution in [2.24, 2.45) is 4.99 Å². The maximum Gasteiger partial charge on any atom is 0.283 e. The first-order valence-corrected chi connectivity index (χ1v) is 11.7. The molecule has 0 spiro atoms. The number of amides is 2. The molecule has 2 aliphatic heterocycles. The summed E-state index contributed by atoms with van der Waals surface area (Å²) in [5.41, 5.74) is 2.66. The average molecular weight is 474 g/mol. The first-order valence-electron chi connectivity index (χ1n) is 10.00. The molecule has 0 aromatic heterocycles. The summed E-state index contributed by atoms with van der Waals surface area (Å²) < 4.78 is 0. The minimum atomic E-state index is -0.268. The number of anilines is 1. The smallest absolute Gasteiger partial charge is 0.283 e. The van der Waals surface area contributed by atoms with Crippen LogP contribution in [0.15, 0.2) is 53.2 Å². The Morgan fingerprint density at radius 2 is 1.84 bits per heavy atom. The first-order chi connectivity index (χ1) is 14.9. The average Bonchev–Trinajstić information content (AvgIpc) is 3.40. The van der Waals surface area contributed by atoms with E-state index >= 15 is 0 Å². The summed E-state index contributed by atoms with van der Waals surface area (Å²) in [4.78, 5) is 33.8. The zero-order valence-electron chi connectivity index (χ0n) is 17.0. The number of benzene rings is 2. The summed E-state index contributed by atoms with van der Waals surface area (Å²) >= 11 is 13.7. The molecule has 0 aliphatic carbocycles. The van der Waals surface area contributed by atoms with Gasteiger partial charge in [0.2, 0.25) is 5.91 Å². The molecule has 0 radical (unpaired) electrons. The predicted molar refractivity (Wildman–Crippen MR) is 129 cm³/mol. The van der Waals surface area contributed by atoms with Crippen molar-refractivity contribution in [1.82, 2.24) is 4.90 Å². The van der Waals surface area contributed by atoms with Crippen molar-refractivity contribution < 1.29 is 9.59 Å². The molecule has 160 valence electrons. The number of hydrogen-bond donors (Lipinski definition) is 0. The van der Waals surface area contributed by atoms with E-state index in [0.29, 0.717) is 26.5 Å². The van der Waals surface area contributed by atoms with Crippen LogP contribution in [0.4, 0.5) is 5.69 Å². The number of aryl methyl sites for hydroxylation is 1. The quantitative estimate of drug-likeness (QED) is 0.558. The van der Waals surface area contributed by atoms with Crippen LogP contribution in [0, 0.1) is 6.92 Å². The normalized spacial score (nSPS) is 17.6. The second kappa shape index (κ2) is 9.47. The van der Waals surface area contributed by atoms with Gasteiger partial charge in [-0.1, -0.05) is 64.8 Å². The molecule has 2 aromatic rings. The van der Waals surface area contributed by atoms with Gasteiger partial charge in [-0.3, -0.25) is 14.5 Å². The van der Waals surface area contributed by atoms with Crippen LogP contribution in [-0.2, 0) is 9.59 Å². The molecule has 1 fully saturated rings. The summed E-state index contributed by atoms with van der Waals surface area (Å²) in [5.74, 6) is 0.0347. The Hall–Kier alpha value is -2.28.